The minimum Gasteiger partial charge on any atom is -0.477 e. The summed E-state index contributed by atoms with van der Waals surface area (Å²) in [5.41, 5.74) is 0.741. The number of carboxylic acids is 1. The molecule has 0 aromatic carbocycles. The normalized spacial score (nSPS) is 23.0. The monoisotopic (exact) mass is 930 g/mol. The van der Waals surface area contributed by atoms with E-state index in [1.165, 1.54) is 28.2 Å². The van der Waals surface area contributed by atoms with Crippen LogP contribution in [0.1, 0.15) is 120 Å². The number of morpholine rings is 2. The second-order valence-corrected chi connectivity index (χ2v) is 20.4. The number of hydrogen-bond acceptors (Lipinski definition) is 11. The van der Waals surface area contributed by atoms with Crippen molar-refractivity contribution in [1.29, 1.82) is 0 Å². The predicted octanol–water partition coefficient (Wildman–Crippen LogP) is 6.54. The first kappa shape index (κ1) is 48.2. The minimum absolute atomic E-state index is 0.0670. The highest BCUT2D eigenvalue weighted by molar-refractivity contribution is 7.15. The topological polar surface area (TPSA) is 163 Å². The number of ether oxygens (including phenoxy) is 3. The Morgan fingerprint density at radius 1 is 0.631 bits per heavy atom. The summed E-state index contributed by atoms with van der Waals surface area (Å²) >= 11 is 2.31. The summed E-state index contributed by atoms with van der Waals surface area (Å²) < 4.78 is 15.7. The van der Waals surface area contributed by atoms with Crippen molar-refractivity contribution < 1.29 is 48.1 Å². The molecule has 6 fully saturated rings. The molecule has 0 radical (unpaired) electrons. The number of aromatic carboxylic acids is 1. The fraction of sp³-hybridized carbons (Fsp3) is 0.633. The molecule has 6 aliphatic rings. The first-order valence-electron chi connectivity index (χ1n) is 23.3. The number of hydrogen-bond donors (Lipinski definition) is 1. The third-order valence-corrected chi connectivity index (χ3v) is 15.1. The Balaban J connectivity index is 0.000000194. The molecule has 4 aliphatic carbocycles. The Morgan fingerprint density at radius 2 is 1.02 bits per heavy atom. The Bertz CT molecular complexity index is 2180. The van der Waals surface area contributed by atoms with Crippen LogP contribution in [-0.2, 0) is 33.4 Å². The quantitative estimate of drug-likeness (QED) is 0.205. The molecule has 2 aliphatic heterocycles. The van der Waals surface area contributed by atoms with Crippen molar-refractivity contribution in [3.8, 4) is 23.7 Å². The van der Waals surface area contributed by atoms with Crippen molar-refractivity contribution in [1.82, 2.24) is 9.80 Å². The number of amides is 4. The van der Waals surface area contributed by atoms with Crippen LogP contribution in [0.15, 0.2) is 12.1 Å². The maximum atomic E-state index is 13.7. The molecule has 14 nitrogen and oxygen atoms in total. The van der Waals surface area contributed by atoms with Crippen LogP contribution in [0.2, 0.25) is 0 Å². The molecule has 350 valence electrons. The van der Waals surface area contributed by atoms with E-state index in [1.54, 1.807) is 21.9 Å². The van der Waals surface area contributed by atoms with Crippen LogP contribution in [-0.4, -0.2) is 123 Å². The summed E-state index contributed by atoms with van der Waals surface area (Å²) in [6.07, 6.45) is 11.4. The van der Waals surface area contributed by atoms with Crippen molar-refractivity contribution in [2.45, 2.75) is 90.9 Å². The van der Waals surface area contributed by atoms with E-state index in [0.717, 1.165) is 88.4 Å². The lowest BCUT2D eigenvalue weighted by Gasteiger charge is -2.33. The molecule has 0 spiro atoms. The van der Waals surface area contributed by atoms with Gasteiger partial charge < -0.3 is 38.9 Å². The van der Waals surface area contributed by atoms with E-state index in [9.17, 15) is 33.9 Å². The standard InChI is InChI=1S/C25H32N2O5S.C24H30N2O5S/c1-17-3-8-19(9-4-17)24(29)27(16-22(28)26-11-13-32-14-12-26)21-15-20(10-7-18-5-6-18)33-23(21)25(30)31-2;1-16-2-7-18(8-3-16)23(28)26(15-21(27)25-10-12-31-13-11-25)20-14-19(9-6-17-4-5-17)32-22(20)24(29)30/h15,17-19H,3-6,8-9,11-14,16H2,1-2H3;14,16-18H,2-5,7-8,10-13,15H2,1H3,(H,29,30). The van der Waals surface area contributed by atoms with Crippen molar-refractivity contribution in [3.05, 3.63) is 31.6 Å². The first-order chi connectivity index (χ1) is 31.4. The average Bonchev–Trinajstić information content (AvgIpc) is 4.26. The van der Waals surface area contributed by atoms with Gasteiger partial charge in [-0.3, -0.25) is 19.2 Å². The van der Waals surface area contributed by atoms with Gasteiger partial charge in [0.1, 0.15) is 22.8 Å². The SMILES string of the molecule is CC1CCC(C(=O)N(CC(=O)N2CCOCC2)c2cc(C#CC3CC3)sc2C(=O)O)CC1.COC(=O)c1sc(C#CC2CC2)cc1N(CC(=O)N1CCOCC1)C(=O)C1CCC(C)CC1. The fourth-order valence-electron chi connectivity index (χ4n) is 8.60. The summed E-state index contributed by atoms with van der Waals surface area (Å²) in [7, 11) is 1.33. The Morgan fingerprint density at radius 3 is 1.38 bits per heavy atom. The lowest BCUT2D eigenvalue weighted by Crippen LogP contribution is -2.49. The third kappa shape index (κ3) is 13.2. The summed E-state index contributed by atoms with van der Waals surface area (Å²) in [6.45, 7) is 8.05. The summed E-state index contributed by atoms with van der Waals surface area (Å²) in [6, 6.07) is 3.46. The predicted molar refractivity (Wildman–Crippen MR) is 248 cm³/mol. The lowest BCUT2D eigenvalue weighted by atomic mass is 9.82. The van der Waals surface area contributed by atoms with E-state index in [1.807, 2.05) is 0 Å². The molecule has 0 atom stereocenters. The number of nitrogens with zero attached hydrogens (tertiary/aromatic N) is 4. The van der Waals surface area contributed by atoms with Crippen LogP contribution in [0.5, 0.6) is 0 Å². The van der Waals surface area contributed by atoms with Gasteiger partial charge in [0.05, 0.1) is 54.7 Å². The number of carboxylic acid groups (broad SMARTS) is 1. The van der Waals surface area contributed by atoms with Crippen LogP contribution in [0.25, 0.3) is 0 Å². The van der Waals surface area contributed by atoms with Gasteiger partial charge in [-0.1, -0.05) is 37.5 Å². The maximum Gasteiger partial charge on any atom is 0.350 e. The van der Waals surface area contributed by atoms with Gasteiger partial charge in [0.25, 0.3) is 0 Å². The average molecular weight is 931 g/mol. The first-order valence-corrected chi connectivity index (χ1v) is 25.0. The van der Waals surface area contributed by atoms with E-state index >= 15 is 0 Å². The number of anilines is 2. The molecule has 4 amide bonds. The molecule has 0 bridgehead atoms. The lowest BCUT2D eigenvalue weighted by molar-refractivity contribution is -0.135. The van der Waals surface area contributed by atoms with Gasteiger partial charge in [-0.25, -0.2) is 9.59 Å². The number of carbonyl (C=O) groups excluding carboxylic acids is 5. The zero-order valence-electron chi connectivity index (χ0n) is 37.9. The molecule has 2 saturated heterocycles. The van der Waals surface area contributed by atoms with Gasteiger partial charge in [0.2, 0.25) is 23.6 Å². The van der Waals surface area contributed by atoms with Gasteiger partial charge in [-0.05, 0) is 101 Å². The van der Waals surface area contributed by atoms with Gasteiger partial charge in [-0.15, -0.1) is 22.7 Å². The minimum atomic E-state index is -1.10. The number of carbonyl (C=O) groups is 6. The maximum absolute atomic E-state index is 13.7. The molecular formula is C49H62N4O10S2. The van der Waals surface area contributed by atoms with Crippen molar-refractivity contribution in [2.75, 3.05) is 82.6 Å². The van der Waals surface area contributed by atoms with Gasteiger partial charge in [0.15, 0.2) is 0 Å². The van der Waals surface area contributed by atoms with Crippen molar-refractivity contribution in [3.63, 3.8) is 0 Å². The molecule has 4 saturated carbocycles. The molecule has 8 rings (SSSR count). The number of rotatable bonds is 10. The Kier molecular flexibility index (Phi) is 16.8. The zero-order valence-corrected chi connectivity index (χ0v) is 39.5. The second kappa shape index (κ2) is 22.6. The van der Waals surface area contributed by atoms with Crippen LogP contribution in [0.3, 0.4) is 0 Å². The van der Waals surface area contributed by atoms with Crippen molar-refractivity contribution >= 4 is 69.6 Å². The van der Waals surface area contributed by atoms with Gasteiger partial charge in [0, 0.05) is 49.9 Å². The zero-order chi connectivity index (χ0) is 46.0. The molecule has 0 unspecified atom stereocenters. The van der Waals surface area contributed by atoms with Crippen LogP contribution in [0.4, 0.5) is 11.4 Å². The Labute approximate surface area is 390 Å². The Hall–Kier alpha value is -4.74. The van der Waals surface area contributed by atoms with Crippen LogP contribution >= 0.6 is 22.7 Å². The fourth-order valence-corrected chi connectivity index (χ4v) is 10.4. The number of methoxy groups -OCH3 is 1. The number of thiophene rings is 2. The summed E-state index contributed by atoms with van der Waals surface area (Å²) in [5, 5.41) is 9.84. The third-order valence-electron chi connectivity index (χ3n) is 13.1. The molecule has 1 N–H and O–H groups in total. The van der Waals surface area contributed by atoms with Crippen molar-refractivity contribution in [2.24, 2.45) is 35.5 Å². The molecule has 65 heavy (non-hydrogen) atoms. The highest BCUT2D eigenvalue weighted by Gasteiger charge is 2.36. The number of esters is 1. The van der Waals surface area contributed by atoms with E-state index < -0.39 is 11.9 Å². The van der Waals surface area contributed by atoms with Gasteiger partial charge in [-0.2, -0.15) is 0 Å². The molecule has 2 aromatic rings. The smallest absolute Gasteiger partial charge is 0.350 e. The molecule has 2 aromatic heterocycles. The van der Waals surface area contributed by atoms with E-state index in [4.69, 9.17) is 14.2 Å². The highest BCUT2D eigenvalue weighted by Crippen LogP contribution is 2.38. The molecule has 4 heterocycles. The summed E-state index contributed by atoms with van der Waals surface area (Å²) in [4.78, 5) is 86.2. The molecule has 16 heteroatoms. The van der Waals surface area contributed by atoms with Crippen LogP contribution < -0.4 is 9.80 Å². The van der Waals surface area contributed by atoms with Crippen LogP contribution in [0, 0.1) is 59.2 Å². The summed E-state index contributed by atoms with van der Waals surface area (Å²) in [5.74, 6) is 12.1. The van der Waals surface area contributed by atoms with E-state index in [2.05, 4.69) is 37.5 Å². The molecular weight excluding hydrogens is 869 g/mol. The second-order valence-electron chi connectivity index (χ2n) is 18.3. The van der Waals surface area contributed by atoms with E-state index in [-0.39, 0.29) is 53.4 Å². The van der Waals surface area contributed by atoms with E-state index in [0.29, 0.717) is 102 Å². The highest BCUT2D eigenvalue weighted by atomic mass is 32.1. The van der Waals surface area contributed by atoms with Gasteiger partial charge >= 0.3 is 11.9 Å². The largest absolute Gasteiger partial charge is 0.477 e.